The number of rotatable bonds is 2. The zero-order valence-electron chi connectivity index (χ0n) is 6.60. The number of carbonyl (C=O) groups is 1. The van der Waals surface area contributed by atoms with Gasteiger partial charge in [-0.15, -0.1) is 0 Å². The number of aromatic nitrogens is 1. The monoisotopic (exact) mass is 316 g/mol. The van der Waals surface area contributed by atoms with Gasteiger partial charge >= 0.3 is 0 Å². The summed E-state index contributed by atoms with van der Waals surface area (Å²) in [5.41, 5.74) is 3.14. The summed E-state index contributed by atoms with van der Waals surface area (Å²) in [4.78, 5) is 13.9. The summed E-state index contributed by atoms with van der Waals surface area (Å²) < 4.78 is 37.8. The van der Waals surface area contributed by atoms with Crippen molar-refractivity contribution in [2.24, 2.45) is 5.73 Å². The third-order valence-electron chi connectivity index (χ3n) is 1.46. The quantitative estimate of drug-likeness (QED) is 0.847. The van der Waals surface area contributed by atoms with E-state index in [1.54, 1.807) is 0 Å². The number of primary amides is 1. The number of hydrogen-bond acceptors (Lipinski definition) is 2. The van der Waals surface area contributed by atoms with Crippen LogP contribution < -0.4 is 5.73 Å². The van der Waals surface area contributed by atoms with Gasteiger partial charge in [-0.25, -0.2) is 18.2 Å². The number of nitrogens with two attached hydrogens (primary N) is 1. The molecule has 0 atom stereocenters. The first-order valence-corrected chi connectivity index (χ1v) is 4.45. The molecule has 3 nitrogen and oxygen atoms in total. The molecule has 0 spiro atoms. The van der Waals surface area contributed by atoms with E-state index in [4.69, 9.17) is 5.73 Å². The van der Waals surface area contributed by atoms with E-state index < -0.39 is 29.4 Å². The van der Waals surface area contributed by atoms with Gasteiger partial charge in [0, 0.05) is 9.77 Å². The summed E-state index contributed by atoms with van der Waals surface area (Å²) in [6, 6.07) is 0. The Hall–Kier alpha value is -0.860. The van der Waals surface area contributed by atoms with E-state index in [2.05, 4.69) is 4.98 Å². The smallest absolute Gasteiger partial charge is 0.270 e. The highest BCUT2D eigenvalue weighted by Gasteiger charge is 2.23. The topological polar surface area (TPSA) is 56.0 Å². The Balaban J connectivity index is 3.41. The second-order valence-corrected chi connectivity index (χ2v) is 3.51. The molecule has 1 amide bonds. The first-order chi connectivity index (χ1) is 6.45. The SMILES string of the molecule is NC(=O)c1ncc(I)c(C(F)F)c1F. The molecule has 1 aromatic heterocycles. The minimum absolute atomic E-state index is 0.0416. The van der Waals surface area contributed by atoms with E-state index >= 15 is 0 Å². The Morgan fingerprint density at radius 3 is 2.57 bits per heavy atom. The lowest BCUT2D eigenvalue weighted by atomic mass is 10.2. The van der Waals surface area contributed by atoms with Gasteiger partial charge in [0.15, 0.2) is 11.5 Å². The van der Waals surface area contributed by atoms with E-state index in [1.165, 1.54) is 22.6 Å². The highest BCUT2D eigenvalue weighted by Crippen LogP contribution is 2.27. The van der Waals surface area contributed by atoms with Crippen LogP contribution in [0.3, 0.4) is 0 Å². The molecule has 14 heavy (non-hydrogen) atoms. The van der Waals surface area contributed by atoms with Crippen LogP contribution in [0.1, 0.15) is 22.5 Å². The van der Waals surface area contributed by atoms with Crippen LogP contribution >= 0.6 is 22.6 Å². The average molecular weight is 316 g/mol. The lowest BCUT2D eigenvalue weighted by Gasteiger charge is -2.06. The number of halogens is 4. The maximum absolute atomic E-state index is 13.2. The van der Waals surface area contributed by atoms with E-state index in [-0.39, 0.29) is 3.57 Å². The van der Waals surface area contributed by atoms with Gasteiger partial charge in [-0.1, -0.05) is 0 Å². The standard InChI is InChI=1S/C7H4F3IN2O/c8-4-3(6(9)10)2(11)1-13-5(4)7(12)14/h1,6H,(H2,12,14). The summed E-state index contributed by atoms with van der Waals surface area (Å²) in [5, 5.41) is 0. The van der Waals surface area contributed by atoms with E-state index in [9.17, 15) is 18.0 Å². The van der Waals surface area contributed by atoms with Gasteiger partial charge in [-0.3, -0.25) is 4.79 Å². The molecule has 1 rings (SSSR count). The Kier molecular flexibility index (Phi) is 3.29. The minimum atomic E-state index is -3.00. The highest BCUT2D eigenvalue weighted by atomic mass is 127. The zero-order chi connectivity index (χ0) is 10.9. The van der Waals surface area contributed by atoms with Crippen molar-refractivity contribution in [1.29, 1.82) is 0 Å². The van der Waals surface area contributed by atoms with Crippen molar-refractivity contribution in [3.8, 4) is 0 Å². The number of carbonyl (C=O) groups excluding carboxylic acids is 1. The van der Waals surface area contributed by atoms with Gasteiger partial charge in [-0.05, 0) is 22.6 Å². The van der Waals surface area contributed by atoms with Crippen LogP contribution in [-0.2, 0) is 0 Å². The fourth-order valence-electron chi connectivity index (χ4n) is 0.852. The number of alkyl halides is 2. The Bertz CT molecular complexity index is 383. The maximum Gasteiger partial charge on any atom is 0.270 e. The normalized spacial score (nSPS) is 10.6. The third kappa shape index (κ3) is 1.97. The number of hydrogen-bond donors (Lipinski definition) is 1. The van der Waals surface area contributed by atoms with Gasteiger partial charge in [0.2, 0.25) is 0 Å². The maximum atomic E-state index is 13.2. The lowest BCUT2D eigenvalue weighted by molar-refractivity contribution is 0.0989. The number of amides is 1. The first kappa shape index (κ1) is 11.2. The van der Waals surface area contributed by atoms with E-state index in [0.717, 1.165) is 6.20 Å². The van der Waals surface area contributed by atoms with Gasteiger partial charge < -0.3 is 5.73 Å². The van der Waals surface area contributed by atoms with Gasteiger partial charge in [0.1, 0.15) is 0 Å². The molecule has 0 bridgehead atoms. The Labute approximate surface area is 90.6 Å². The molecular formula is C7H4F3IN2O. The van der Waals surface area contributed by atoms with Crippen molar-refractivity contribution in [3.05, 3.63) is 26.8 Å². The van der Waals surface area contributed by atoms with Crippen LogP contribution in [0.4, 0.5) is 13.2 Å². The molecule has 1 heterocycles. The van der Waals surface area contributed by atoms with Crippen LogP contribution in [0.5, 0.6) is 0 Å². The van der Waals surface area contributed by atoms with Crippen molar-refractivity contribution >= 4 is 28.5 Å². The first-order valence-electron chi connectivity index (χ1n) is 3.37. The number of nitrogens with zero attached hydrogens (tertiary/aromatic N) is 1. The molecule has 0 radical (unpaired) electrons. The molecule has 0 saturated heterocycles. The molecule has 7 heteroatoms. The fraction of sp³-hybridized carbons (Fsp3) is 0.143. The molecule has 0 aliphatic rings. The average Bonchev–Trinajstić information content (AvgIpc) is 2.02. The van der Waals surface area contributed by atoms with Crippen LogP contribution in [0.2, 0.25) is 0 Å². The fourth-order valence-corrected chi connectivity index (χ4v) is 1.46. The predicted molar refractivity (Wildman–Crippen MR) is 50.4 cm³/mol. The molecule has 0 unspecified atom stereocenters. The van der Waals surface area contributed by atoms with Crippen molar-refractivity contribution < 1.29 is 18.0 Å². The molecule has 0 aromatic carbocycles. The van der Waals surface area contributed by atoms with Crippen molar-refractivity contribution in [3.63, 3.8) is 0 Å². The van der Waals surface area contributed by atoms with Gasteiger partial charge in [0.25, 0.3) is 12.3 Å². The summed E-state index contributed by atoms with van der Waals surface area (Å²) in [6.45, 7) is 0. The highest BCUT2D eigenvalue weighted by molar-refractivity contribution is 14.1. The number of pyridine rings is 1. The van der Waals surface area contributed by atoms with Crippen LogP contribution in [0.15, 0.2) is 6.20 Å². The molecule has 0 aliphatic heterocycles. The summed E-state index contributed by atoms with van der Waals surface area (Å²) in [6.07, 6.45) is -2.02. The van der Waals surface area contributed by atoms with Gasteiger partial charge in [-0.2, -0.15) is 0 Å². The Morgan fingerprint density at radius 1 is 1.57 bits per heavy atom. The third-order valence-corrected chi connectivity index (χ3v) is 2.32. The summed E-state index contributed by atoms with van der Waals surface area (Å²) >= 11 is 1.51. The lowest BCUT2D eigenvalue weighted by Crippen LogP contribution is -2.17. The van der Waals surface area contributed by atoms with Crippen molar-refractivity contribution in [2.75, 3.05) is 0 Å². The van der Waals surface area contributed by atoms with Gasteiger partial charge in [0.05, 0.1) is 5.56 Å². The Morgan fingerprint density at radius 2 is 2.14 bits per heavy atom. The van der Waals surface area contributed by atoms with Crippen LogP contribution in [0, 0.1) is 9.39 Å². The molecular weight excluding hydrogens is 312 g/mol. The predicted octanol–water partition coefficient (Wildman–Crippen LogP) is 1.86. The summed E-state index contributed by atoms with van der Waals surface area (Å²) in [7, 11) is 0. The molecule has 0 fully saturated rings. The largest absolute Gasteiger partial charge is 0.364 e. The molecule has 1 aromatic rings. The second-order valence-electron chi connectivity index (χ2n) is 2.35. The molecule has 0 aliphatic carbocycles. The second kappa shape index (κ2) is 4.11. The van der Waals surface area contributed by atoms with E-state index in [0.29, 0.717) is 0 Å². The van der Waals surface area contributed by atoms with Crippen LogP contribution in [0.25, 0.3) is 0 Å². The van der Waals surface area contributed by atoms with Crippen LogP contribution in [-0.4, -0.2) is 10.9 Å². The van der Waals surface area contributed by atoms with Crippen molar-refractivity contribution in [1.82, 2.24) is 4.98 Å². The minimum Gasteiger partial charge on any atom is -0.364 e. The molecule has 0 saturated carbocycles. The summed E-state index contributed by atoms with van der Waals surface area (Å²) in [5.74, 6) is -2.51. The van der Waals surface area contributed by atoms with E-state index in [1.807, 2.05) is 0 Å². The molecule has 76 valence electrons. The zero-order valence-corrected chi connectivity index (χ0v) is 8.76. The van der Waals surface area contributed by atoms with Crippen molar-refractivity contribution in [2.45, 2.75) is 6.43 Å². The molecule has 2 N–H and O–H groups in total.